The Morgan fingerprint density at radius 2 is 2.14 bits per heavy atom. The number of hydrogen-bond donors (Lipinski definition) is 1. The van der Waals surface area contributed by atoms with Crippen LogP contribution in [0.1, 0.15) is 17.0 Å². The molecule has 0 fully saturated rings. The van der Waals surface area contributed by atoms with Crippen molar-refractivity contribution in [1.82, 2.24) is 9.78 Å². The van der Waals surface area contributed by atoms with Gasteiger partial charge >= 0.3 is 5.97 Å². The molecule has 0 amide bonds. The van der Waals surface area contributed by atoms with Gasteiger partial charge in [0.25, 0.3) is 5.69 Å². The van der Waals surface area contributed by atoms with Gasteiger partial charge in [0, 0.05) is 22.3 Å². The maximum absolute atomic E-state index is 11.1. The zero-order valence-electron chi connectivity index (χ0n) is 11.3. The highest BCUT2D eigenvalue weighted by molar-refractivity contribution is 6.30. The van der Waals surface area contributed by atoms with Crippen molar-refractivity contribution < 1.29 is 14.8 Å². The molecule has 0 unspecified atom stereocenters. The lowest BCUT2D eigenvalue weighted by atomic mass is 10.1. The largest absolute Gasteiger partial charge is 0.481 e. The van der Waals surface area contributed by atoms with E-state index >= 15 is 0 Å². The molecular weight excluding hydrogens is 298 g/mol. The topological polar surface area (TPSA) is 98.3 Å². The summed E-state index contributed by atoms with van der Waals surface area (Å²) < 4.78 is 1.36. The number of halogens is 1. The third-order valence-electron chi connectivity index (χ3n) is 3.13. The zero-order valence-corrected chi connectivity index (χ0v) is 12.1. The molecule has 2 aromatic rings. The summed E-state index contributed by atoms with van der Waals surface area (Å²) in [4.78, 5) is 21.5. The van der Waals surface area contributed by atoms with Crippen LogP contribution in [-0.2, 0) is 11.2 Å². The summed E-state index contributed by atoms with van der Waals surface area (Å²) in [5, 5.41) is 24.6. The normalized spacial score (nSPS) is 10.6. The summed E-state index contributed by atoms with van der Waals surface area (Å²) in [7, 11) is 0. The first kappa shape index (κ1) is 15.0. The van der Waals surface area contributed by atoms with E-state index in [9.17, 15) is 14.9 Å². The first-order valence-corrected chi connectivity index (χ1v) is 6.40. The average molecular weight is 310 g/mol. The van der Waals surface area contributed by atoms with Gasteiger partial charge in [-0.05, 0) is 26.0 Å². The van der Waals surface area contributed by atoms with Crippen LogP contribution in [0, 0.1) is 24.0 Å². The predicted octanol–water partition coefficient (Wildman–Crippen LogP) is 2.68. The van der Waals surface area contributed by atoms with E-state index in [4.69, 9.17) is 16.7 Å². The highest BCUT2D eigenvalue weighted by Crippen LogP contribution is 2.28. The number of carboxylic acids is 1. The molecule has 0 aliphatic carbocycles. The Morgan fingerprint density at radius 1 is 1.48 bits per heavy atom. The van der Waals surface area contributed by atoms with Crippen molar-refractivity contribution in [3.63, 3.8) is 0 Å². The molecule has 7 nitrogen and oxygen atoms in total. The van der Waals surface area contributed by atoms with Gasteiger partial charge in [-0.2, -0.15) is 5.10 Å². The Balaban J connectivity index is 2.65. The lowest BCUT2D eigenvalue weighted by Gasteiger charge is -2.06. The Kier molecular flexibility index (Phi) is 3.95. The molecule has 0 bridgehead atoms. The summed E-state index contributed by atoms with van der Waals surface area (Å²) >= 11 is 5.90. The van der Waals surface area contributed by atoms with Crippen molar-refractivity contribution in [3.05, 3.63) is 50.3 Å². The van der Waals surface area contributed by atoms with Crippen LogP contribution >= 0.6 is 11.6 Å². The van der Waals surface area contributed by atoms with Gasteiger partial charge in [-0.3, -0.25) is 14.9 Å². The SMILES string of the molecule is Cc1nn(-c2cc(Cl)ccc2[N+](=O)[O-])c(C)c1CC(=O)O. The molecule has 21 heavy (non-hydrogen) atoms. The lowest BCUT2D eigenvalue weighted by Crippen LogP contribution is -2.05. The van der Waals surface area contributed by atoms with Crippen LogP contribution in [0.4, 0.5) is 5.69 Å². The van der Waals surface area contributed by atoms with E-state index in [0.29, 0.717) is 22.0 Å². The molecule has 0 aliphatic rings. The molecule has 2 rings (SSSR count). The Hall–Kier alpha value is -2.41. The van der Waals surface area contributed by atoms with Crippen LogP contribution in [0.2, 0.25) is 5.02 Å². The van der Waals surface area contributed by atoms with Crippen molar-refractivity contribution in [2.45, 2.75) is 20.3 Å². The number of aromatic nitrogens is 2. The average Bonchev–Trinajstić information content (AvgIpc) is 2.65. The standard InChI is InChI=1S/C13H12ClN3O4/c1-7-10(6-13(18)19)8(2)16(15-7)12-5-9(14)3-4-11(12)17(20)21/h3-5H,6H2,1-2H3,(H,18,19). The molecule has 1 heterocycles. The number of hydrogen-bond acceptors (Lipinski definition) is 4. The number of nitro groups is 1. The number of carboxylic acid groups (broad SMARTS) is 1. The molecule has 0 aliphatic heterocycles. The quantitative estimate of drug-likeness (QED) is 0.691. The highest BCUT2D eigenvalue weighted by Gasteiger charge is 2.21. The summed E-state index contributed by atoms with van der Waals surface area (Å²) in [5.74, 6) is -0.985. The molecule has 0 radical (unpaired) electrons. The minimum atomic E-state index is -0.985. The number of aliphatic carboxylic acids is 1. The molecule has 0 saturated heterocycles. The van der Waals surface area contributed by atoms with E-state index < -0.39 is 10.9 Å². The van der Waals surface area contributed by atoms with Gasteiger partial charge in [-0.25, -0.2) is 4.68 Å². The van der Waals surface area contributed by atoms with Gasteiger partial charge in [0.15, 0.2) is 0 Å². The van der Waals surface area contributed by atoms with Crippen LogP contribution in [0.3, 0.4) is 0 Å². The fourth-order valence-corrected chi connectivity index (χ4v) is 2.30. The minimum Gasteiger partial charge on any atom is -0.481 e. The van der Waals surface area contributed by atoms with Crippen LogP contribution < -0.4 is 0 Å². The summed E-state index contributed by atoms with van der Waals surface area (Å²) in [6.45, 7) is 3.33. The lowest BCUT2D eigenvalue weighted by molar-refractivity contribution is -0.384. The van der Waals surface area contributed by atoms with Crippen molar-refractivity contribution in [3.8, 4) is 5.69 Å². The van der Waals surface area contributed by atoms with E-state index in [1.165, 1.54) is 22.9 Å². The molecule has 1 aromatic heterocycles. The minimum absolute atomic E-state index is 0.146. The Bertz CT molecular complexity index is 739. The van der Waals surface area contributed by atoms with Crippen LogP contribution in [0.5, 0.6) is 0 Å². The monoisotopic (exact) mass is 309 g/mol. The first-order chi connectivity index (χ1) is 9.81. The maximum atomic E-state index is 11.1. The number of rotatable bonds is 4. The predicted molar refractivity (Wildman–Crippen MR) is 76.0 cm³/mol. The van der Waals surface area contributed by atoms with Crippen LogP contribution in [-0.4, -0.2) is 25.8 Å². The molecule has 1 N–H and O–H groups in total. The molecule has 110 valence electrons. The van der Waals surface area contributed by atoms with Gasteiger partial charge in [0.05, 0.1) is 17.0 Å². The number of carbonyl (C=O) groups is 1. The van der Waals surface area contributed by atoms with Crippen molar-refractivity contribution in [2.75, 3.05) is 0 Å². The van der Waals surface area contributed by atoms with Crippen molar-refractivity contribution in [2.24, 2.45) is 0 Å². The molecule has 0 saturated carbocycles. The van der Waals surface area contributed by atoms with Crippen LogP contribution in [0.15, 0.2) is 18.2 Å². The van der Waals surface area contributed by atoms with Crippen molar-refractivity contribution >= 4 is 23.3 Å². The van der Waals surface area contributed by atoms with E-state index in [0.717, 1.165) is 0 Å². The van der Waals surface area contributed by atoms with E-state index in [2.05, 4.69) is 5.10 Å². The summed E-state index contributed by atoms with van der Waals surface area (Å²) in [6, 6.07) is 4.15. The molecule has 0 atom stereocenters. The van der Waals surface area contributed by atoms with E-state index in [-0.39, 0.29) is 17.8 Å². The molecule has 1 aromatic carbocycles. The number of nitro benzene ring substituents is 1. The molecule has 8 heteroatoms. The fraction of sp³-hybridized carbons (Fsp3) is 0.231. The zero-order chi connectivity index (χ0) is 15.7. The van der Waals surface area contributed by atoms with E-state index in [1.54, 1.807) is 13.8 Å². The van der Waals surface area contributed by atoms with E-state index in [1.807, 2.05) is 0 Å². The smallest absolute Gasteiger partial charge is 0.307 e. The number of benzene rings is 1. The second-order valence-corrected chi connectivity index (χ2v) is 4.96. The second-order valence-electron chi connectivity index (χ2n) is 4.52. The van der Waals surface area contributed by atoms with Gasteiger partial charge in [0.1, 0.15) is 5.69 Å². The van der Waals surface area contributed by atoms with Crippen molar-refractivity contribution in [1.29, 1.82) is 0 Å². The second kappa shape index (κ2) is 5.53. The van der Waals surface area contributed by atoms with Gasteiger partial charge in [-0.15, -0.1) is 0 Å². The Labute approximate surface area is 124 Å². The molecule has 0 spiro atoms. The first-order valence-electron chi connectivity index (χ1n) is 6.02. The highest BCUT2D eigenvalue weighted by atomic mass is 35.5. The van der Waals surface area contributed by atoms with Crippen LogP contribution in [0.25, 0.3) is 5.69 Å². The summed E-state index contributed by atoms with van der Waals surface area (Å²) in [5.41, 5.74) is 1.66. The van der Waals surface area contributed by atoms with Gasteiger partial charge < -0.3 is 5.11 Å². The Morgan fingerprint density at radius 3 is 2.71 bits per heavy atom. The third kappa shape index (κ3) is 2.87. The van der Waals surface area contributed by atoms with Gasteiger partial charge in [-0.1, -0.05) is 11.6 Å². The maximum Gasteiger partial charge on any atom is 0.307 e. The third-order valence-corrected chi connectivity index (χ3v) is 3.37. The summed E-state index contributed by atoms with van der Waals surface area (Å²) in [6.07, 6.45) is -0.188. The number of nitrogens with zero attached hydrogens (tertiary/aromatic N) is 3. The molecular formula is C13H12ClN3O4. The number of aryl methyl sites for hydroxylation is 1. The fourth-order valence-electron chi connectivity index (χ4n) is 2.14. The van der Waals surface area contributed by atoms with Gasteiger partial charge in [0.2, 0.25) is 0 Å².